The van der Waals surface area contributed by atoms with Gasteiger partial charge in [-0.3, -0.25) is 9.59 Å². The van der Waals surface area contributed by atoms with Crippen molar-refractivity contribution in [3.63, 3.8) is 0 Å². The Morgan fingerprint density at radius 1 is 1.40 bits per heavy atom. The van der Waals surface area contributed by atoms with E-state index in [9.17, 15) is 9.59 Å². The van der Waals surface area contributed by atoms with Crippen molar-refractivity contribution in [3.8, 4) is 0 Å². The molecule has 0 spiro atoms. The van der Waals surface area contributed by atoms with Gasteiger partial charge in [-0.05, 0) is 13.3 Å². The van der Waals surface area contributed by atoms with Gasteiger partial charge in [0.15, 0.2) is 0 Å². The molecule has 0 bridgehead atoms. The van der Waals surface area contributed by atoms with E-state index in [0.717, 1.165) is 0 Å². The van der Waals surface area contributed by atoms with E-state index < -0.39 is 17.9 Å². The van der Waals surface area contributed by atoms with Crippen molar-refractivity contribution in [1.82, 2.24) is 4.90 Å². The number of carboxylic acids is 1. The highest BCUT2D eigenvalue weighted by Gasteiger charge is 2.22. The van der Waals surface area contributed by atoms with Crippen LogP contribution < -0.4 is 5.73 Å². The Balaban J connectivity index is 4.36. The van der Waals surface area contributed by atoms with Crippen LogP contribution in [-0.2, 0) is 9.59 Å². The van der Waals surface area contributed by atoms with E-state index in [4.69, 9.17) is 10.8 Å². The molecule has 5 nitrogen and oxygen atoms in total. The summed E-state index contributed by atoms with van der Waals surface area (Å²) in [4.78, 5) is 23.8. The highest BCUT2D eigenvalue weighted by molar-refractivity contribution is 5.82. The van der Waals surface area contributed by atoms with Crippen molar-refractivity contribution in [2.24, 2.45) is 11.7 Å². The summed E-state index contributed by atoms with van der Waals surface area (Å²) >= 11 is 0. The number of hydrogen-bond acceptors (Lipinski definition) is 3. The van der Waals surface area contributed by atoms with Crippen LogP contribution in [0.25, 0.3) is 0 Å². The van der Waals surface area contributed by atoms with Gasteiger partial charge in [-0.1, -0.05) is 13.8 Å². The summed E-state index contributed by atoms with van der Waals surface area (Å²) in [6, 6.07) is -0.522. The van der Waals surface area contributed by atoms with Gasteiger partial charge in [0.2, 0.25) is 5.91 Å². The molecule has 88 valence electrons. The lowest BCUT2D eigenvalue weighted by Gasteiger charge is -2.25. The summed E-state index contributed by atoms with van der Waals surface area (Å²) in [5.41, 5.74) is 5.61. The van der Waals surface area contributed by atoms with Crippen LogP contribution >= 0.6 is 0 Å². The average molecular weight is 216 g/mol. The smallest absolute Gasteiger partial charge is 0.308 e. The van der Waals surface area contributed by atoms with Gasteiger partial charge in [0.25, 0.3) is 0 Å². The molecule has 0 rings (SSSR count). The second kappa shape index (κ2) is 6.40. The number of carbonyl (C=O) groups excluding carboxylic acids is 1. The summed E-state index contributed by atoms with van der Waals surface area (Å²) in [6.45, 7) is 5.93. The van der Waals surface area contributed by atoms with Crippen molar-refractivity contribution in [2.45, 2.75) is 33.2 Å². The maximum absolute atomic E-state index is 11.7. The quantitative estimate of drug-likeness (QED) is 0.668. The second-order valence-corrected chi connectivity index (χ2v) is 3.63. The Morgan fingerprint density at radius 2 is 1.93 bits per heavy atom. The lowest BCUT2D eigenvalue weighted by Crippen LogP contribution is -2.45. The van der Waals surface area contributed by atoms with Crippen molar-refractivity contribution in [3.05, 3.63) is 0 Å². The number of amides is 1. The number of carbonyl (C=O) groups is 2. The Hall–Kier alpha value is -1.10. The fourth-order valence-electron chi connectivity index (χ4n) is 1.19. The molecule has 0 aromatic carbocycles. The van der Waals surface area contributed by atoms with Crippen LogP contribution in [0.15, 0.2) is 0 Å². The van der Waals surface area contributed by atoms with Gasteiger partial charge in [0, 0.05) is 13.1 Å². The summed E-state index contributed by atoms with van der Waals surface area (Å²) in [5, 5.41) is 8.73. The first kappa shape index (κ1) is 13.9. The van der Waals surface area contributed by atoms with Gasteiger partial charge in [-0.15, -0.1) is 0 Å². The molecule has 0 saturated carbocycles. The van der Waals surface area contributed by atoms with Crippen LogP contribution in [0.2, 0.25) is 0 Å². The topological polar surface area (TPSA) is 83.6 Å². The van der Waals surface area contributed by atoms with E-state index in [1.807, 2.05) is 13.8 Å². The molecule has 15 heavy (non-hydrogen) atoms. The Labute approximate surface area is 90.2 Å². The molecular formula is C10H20N2O3. The van der Waals surface area contributed by atoms with Crippen molar-refractivity contribution >= 4 is 11.9 Å². The van der Waals surface area contributed by atoms with Crippen LogP contribution in [0, 0.1) is 5.92 Å². The molecular weight excluding hydrogens is 196 g/mol. The zero-order chi connectivity index (χ0) is 12.0. The number of nitrogens with two attached hydrogens (primary N) is 1. The van der Waals surface area contributed by atoms with Gasteiger partial charge >= 0.3 is 5.97 Å². The zero-order valence-electron chi connectivity index (χ0n) is 9.56. The Kier molecular flexibility index (Phi) is 5.93. The molecule has 0 aromatic rings. The normalized spacial score (nSPS) is 14.4. The van der Waals surface area contributed by atoms with Crippen molar-refractivity contribution < 1.29 is 14.7 Å². The number of rotatable bonds is 6. The predicted octanol–water partition coefficient (Wildman–Crippen LogP) is 0.293. The third kappa shape index (κ3) is 4.29. The summed E-state index contributed by atoms with van der Waals surface area (Å²) in [5.74, 6) is -1.63. The SMILES string of the molecule is CC[C@@H](N)C(=O)N(CC)CC(C)C(=O)O. The van der Waals surface area contributed by atoms with Crippen molar-refractivity contribution in [1.29, 1.82) is 0 Å². The van der Waals surface area contributed by atoms with Gasteiger partial charge < -0.3 is 15.7 Å². The van der Waals surface area contributed by atoms with Crippen LogP contribution in [0.3, 0.4) is 0 Å². The fourth-order valence-corrected chi connectivity index (χ4v) is 1.19. The van der Waals surface area contributed by atoms with E-state index in [1.54, 1.807) is 6.92 Å². The van der Waals surface area contributed by atoms with E-state index in [2.05, 4.69) is 0 Å². The third-order valence-corrected chi connectivity index (χ3v) is 2.37. The first-order chi connectivity index (χ1) is 6.93. The van der Waals surface area contributed by atoms with Crippen molar-refractivity contribution in [2.75, 3.05) is 13.1 Å². The molecule has 5 heteroatoms. The van der Waals surface area contributed by atoms with E-state index in [-0.39, 0.29) is 12.5 Å². The molecule has 0 saturated heterocycles. The molecule has 0 radical (unpaired) electrons. The van der Waals surface area contributed by atoms with Gasteiger partial charge in [-0.25, -0.2) is 0 Å². The summed E-state index contributed by atoms with van der Waals surface area (Å²) in [7, 11) is 0. The van der Waals surface area contributed by atoms with Gasteiger partial charge in [0.05, 0.1) is 12.0 Å². The predicted molar refractivity (Wildman–Crippen MR) is 57.3 cm³/mol. The molecule has 0 aliphatic rings. The standard InChI is InChI=1S/C10H20N2O3/c1-4-8(11)9(13)12(5-2)6-7(3)10(14)15/h7-8H,4-6,11H2,1-3H3,(H,14,15)/t7?,8-/m1/s1. The van der Waals surface area contributed by atoms with E-state index >= 15 is 0 Å². The van der Waals surface area contributed by atoms with Crippen LogP contribution in [0.1, 0.15) is 27.2 Å². The number of hydrogen-bond donors (Lipinski definition) is 2. The Morgan fingerprint density at radius 3 is 2.27 bits per heavy atom. The maximum Gasteiger partial charge on any atom is 0.308 e. The first-order valence-electron chi connectivity index (χ1n) is 5.21. The summed E-state index contributed by atoms with van der Waals surface area (Å²) in [6.07, 6.45) is 0.566. The second-order valence-electron chi connectivity index (χ2n) is 3.63. The largest absolute Gasteiger partial charge is 0.481 e. The fraction of sp³-hybridized carbons (Fsp3) is 0.800. The number of aliphatic carboxylic acids is 1. The average Bonchev–Trinajstić information content (AvgIpc) is 2.23. The maximum atomic E-state index is 11.7. The van der Waals surface area contributed by atoms with Gasteiger partial charge in [-0.2, -0.15) is 0 Å². The lowest BCUT2D eigenvalue weighted by molar-refractivity contribution is -0.143. The summed E-state index contributed by atoms with van der Waals surface area (Å²) < 4.78 is 0. The zero-order valence-corrected chi connectivity index (χ0v) is 9.56. The molecule has 3 N–H and O–H groups in total. The lowest BCUT2D eigenvalue weighted by atomic mass is 10.1. The first-order valence-corrected chi connectivity index (χ1v) is 5.21. The highest BCUT2D eigenvalue weighted by Crippen LogP contribution is 2.03. The van der Waals surface area contributed by atoms with Crippen LogP contribution in [0.4, 0.5) is 0 Å². The minimum absolute atomic E-state index is 0.173. The molecule has 1 unspecified atom stereocenters. The highest BCUT2D eigenvalue weighted by atomic mass is 16.4. The van der Waals surface area contributed by atoms with Crippen LogP contribution in [0.5, 0.6) is 0 Å². The molecule has 0 heterocycles. The number of nitrogens with zero attached hydrogens (tertiary/aromatic N) is 1. The molecule has 0 aromatic heterocycles. The number of carboxylic acid groups (broad SMARTS) is 1. The molecule has 0 fully saturated rings. The minimum Gasteiger partial charge on any atom is -0.481 e. The molecule has 2 atom stereocenters. The van der Waals surface area contributed by atoms with Crippen LogP contribution in [-0.4, -0.2) is 41.0 Å². The third-order valence-electron chi connectivity index (χ3n) is 2.37. The molecule has 1 amide bonds. The molecule has 0 aliphatic carbocycles. The monoisotopic (exact) mass is 216 g/mol. The minimum atomic E-state index is -0.897. The van der Waals surface area contributed by atoms with E-state index in [0.29, 0.717) is 13.0 Å². The molecule has 0 aliphatic heterocycles. The van der Waals surface area contributed by atoms with E-state index in [1.165, 1.54) is 4.90 Å². The Bertz CT molecular complexity index is 231. The number of likely N-dealkylation sites (N-methyl/N-ethyl adjacent to an activating group) is 1. The van der Waals surface area contributed by atoms with Gasteiger partial charge in [0.1, 0.15) is 0 Å².